The van der Waals surface area contributed by atoms with Gasteiger partial charge in [-0.25, -0.2) is 0 Å². The van der Waals surface area contributed by atoms with Gasteiger partial charge in [-0.05, 0) is 28.7 Å². The molecule has 1 aliphatic carbocycles. The van der Waals surface area contributed by atoms with Crippen molar-refractivity contribution < 1.29 is 9.90 Å². The van der Waals surface area contributed by atoms with Crippen LogP contribution in [-0.4, -0.2) is 11.1 Å². The smallest absolute Gasteiger partial charge is 0.300 e. The molecule has 2 aromatic rings. The van der Waals surface area contributed by atoms with E-state index in [0.29, 0.717) is 0 Å². The molecule has 0 fully saturated rings. The van der Waals surface area contributed by atoms with Crippen LogP contribution in [0.25, 0.3) is 11.1 Å². The van der Waals surface area contributed by atoms with Gasteiger partial charge in [-0.1, -0.05) is 48.5 Å². The van der Waals surface area contributed by atoms with Crippen LogP contribution in [0.5, 0.6) is 0 Å². The molecule has 0 unspecified atom stereocenters. The molecule has 0 aliphatic heterocycles. The first-order valence-electron chi connectivity index (χ1n) is 5.54. The van der Waals surface area contributed by atoms with E-state index < -0.39 is 5.97 Å². The number of aliphatic carboxylic acids is 1. The predicted molar refractivity (Wildman–Crippen MR) is 73.0 cm³/mol. The van der Waals surface area contributed by atoms with Crippen LogP contribution in [0.2, 0.25) is 0 Å². The van der Waals surface area contributed by atoms with Crippen LogP contribution in [0.3, 0.4) is 0 Å². The Morgan fingerprint density at radius 1 is 0.944 bits per heavy atom. The number of benzene rings is 2. The van der Waals surface area contributed by atoms with Gasteiger partial charge in [0.15, 0.2) is 0 Å². The Hall–Kier alpha value is -2.13. The van der Waals surface area contributed by atoms with Crippen molar-refractivity contribution in [3.63, 3.8) is 0 Å². The van der Waals surface area contributed by atoms with Crippen LogP contribution >= 0.6 is 0 Å². The lowest BCUT2D eigenvalue weighted by molar-refractivity contribution is -0.134. The summed E-state index contributed by atoms with van der Waals surface area (Å²) in [7, 11) is 0. The molecule has 2 aromatic carbocycles. The second kappa shape index (κ2) is 5.98. The number of carboxylic acids is 1. The van der Waals surface area contributed by atoms with E-state index in [2.05, 4.69) is 48.5 Å². The third-order valence-corrected chi connectivity index (χ3v) is 2.71. The van der Waals surface area contributed by atoms with Crippen molar-refractivity contribution in [2.24, 2.45) is 0 Å². The van der Waals surface area contributed by atoms with Crippen LogP contribution < -0.4 is 6.15 Å². The zero-order valence-electron chi connectivity index (χ0n) is 10.4. The van der Waals surface area contributed by atoms with Gasteiger partial charge in [0, 0.05) is 6.92 Å². The van der Waals surface area contributed by atoms with E-state index in [-0.39, 0.29) is 6.15 Å². The molecule has 3 rings (SSSR count). The average molecular weight is 243 g/mol. The maximum absolute atomic E-state index is 9.00. The molecule has 3 nitrogen and oxygen atoms in total. The highest BCUT2D eigenvalue weighted by Gasteiger charge is 2.15. The van der Waals surface area contributed by atoms with E-state index in [4.69, 9.17) is 9.90 Å². The number of carbonyl (C=O) groups is 1. The van der Waals surface area contributed by atoms with Gasteiger partial charge in [-0.3, -0.25) is 4.79 Å². The lowest BCUT2D eigenvalue weighted by atomic mass is 10.1. The molecule has 0 bridgehead atoms. The highest BCUT2D eigenvalue weighted by atomic mass is 16.4. The first kappa shape index (κ1) is 13.9. The van der Waals surface area contributed by atoms with Crippen LogP contribution in [0, 0.1) is 0 Å². The monoisotopic (exact) mass is 243 g/mol. The van der Waals surface area contributed by atoms with Gasteiger partial charge in [-0.15, -0.1) is 0 Å². The van der Waals surface area contributed by atoms with E-state index in [1.165, 1.54) is 22.3 Å². The second-order valence-electron chi connectivity index (χ2n) is 4.01. The lowest BCUT2D eigenvalue weighted by Gasteiger charge is -1.98. The summed E-state index contributed by atoms with van der Waals surface area (Å²) < 4.78 is 0. The zero-order valence-corrected chi connectivity index (χ0v) is 10.4. The summed E-state index contributed by atoms with van der Waals surface area (Å²) >= 11 is 0. The molecule has 1 aliphatic rings. The summed E-state index contributed by atoms with van der Waals surface area (Å²) in [4.78, 5) is 9.00. The molecule has 18 heavy (non-hydrogen) atoms. The van der Waals surface area contributed by atoms with Crippen molar-refractivity contribution in [1.29, 1.82) is 0 Å². The molecule has 3 heteroatoms. The van der Waals surface area contributed by atoms with Crippen molar-refractivity contribution >= 4 is 5.97 Å². The summed E-state index contributed by atoms with van der Waals surface area (Å²) in [5.74, 6) is -0.833. The zero-order chi connectivity index (χ0) is 12.3. The maximum atomic E-state index is 9.00. The SMILES string of the molecule is CC(=O)O.N.c1ccc2c(c1)Cc1ccccc1-2. The van der Waals surface area contributed by atoms with Gasteiger partial charge in [0.25, 0.3) is 5.97 Å². The third-order valence-electron chi connectivity index (χ3n) is 2.71. The van der Waals surface area contributed by atoms with E-state index >= 15 is 0 Å². The average Bonchev–Trinajstić information content (AvgIpc) is 2.66. The van der Waals surface area contributed by atoms with E-state index in [1.54, 1.807) is 0 Å². The van der Waals surface area contributed by atoms with E-state index in [9.17, 15) is 0 Å². The van der Waals surface area contributed by atoms with Crippen LogP contribution in [0.4, 0.5) is 0 Å². The topological polar surface area (TPSA) is 72.3 Å². The van der Waals surface area contributed by atoms with Crippen molar-refractivity contribution in [3.8, 4) is 11.1 Å². The summed E-state index contributed by atoms with van der Waals surface area (Å²) in [6.07, 6.45) is 1.10. The minimum atomic E-state index is -0.833. The minimum Gasteiger partial charge on any atom is -0.481 e. The molecule has 4 N–H and O–H groups in total. The second-order valence-corrected chi connectivity index (χ2v) is 4.01. The van der Waals surface area contributed by atoms with Crippen molar-refractivity contribution in [1.82, 2.24) is 6.15 Å². The summed E-state index contributed by atoms with van der Waals surface area (Å²) in [6, 6.07) is 17.3. The minimum absolute atomic E-state index is 0. The van der Waals surface area contributed by atoms with Gasteiger partial charge in [0.2, 0.25) is 0 Å². The number of hydrogen-bond acceptors (Lipinski definition) is 2. The molecule has 0 heterocycles. The Balaban J connectivity index is 0.000000289. The fraction of sp³-hybridized carbons (Fsp3) is 0.133. The number of fused-ring (bicyclic) bond motifs is 3. The molecule has 0 amide bonds. The molecule has 94 valence electrons. The Labute approximate surface area is 107 Å². The summed E-state index contributed by atoms with van der Waals surface area (Å²) in [5.41, 5.74) is 5.75. The highest BCUT2D eigenvalue weighted by Crippen LogP contribution is 2.35. The molecular weight excluding hydrogens is 226 g/mol. The number of hydrogen-bond donors (Lipinski definition) is 2. The number of rotatable bonds is 0. The standard InChI is InChI=1S/C13H10.C2H4O2.H3N/c1-3-7-12-10(5-1)9-11-6-2-4-8-13(11)12;1-2(3)4;/h1-8H,9H2;1H3,(H,3,4);1H3. The van der Waals surface area contributed by atoms with Gasteiger partial charge in [-0.2, -0.15) is 0 Å². The molecule has 0 radical (unpaired) electrons. The Bertz CT molecular complexity index is 502. The summed E-state index contributed by atoms with van der Waals surface area (Å²) in [5, 5.41) is 7.42. The van der Waals surface area contributed by atoms with Crippen molar-refractivity contribution in [2.45, 2.75) is 13.3 Å². The van der Waals surface area contributed by atoms with Gasteiger partial charge >= 0.3 is 0 Å². The molecule has 0 spiro atoms. The van der Waals surface area contributed by atoms with E-state index in [0.717, 1.165) is 13.3 Å². The van der Waals surface area contributed by atoms with Crippen molar-refractivity contribution in [3.05, 3.63) is 59.7 Å². The Morgan fingerprint density at radius 3 is 1.67 bits per heavy atom. The molecular formula is C15H17NO2. The quantitative estimate of drug-likeness (QED) is 0.634. The maximum Gasteiger partial charge on any atom is 0.300 e. The Morgan fingerprint density at radius 2 is 1.28 bits per heavy atom. The number of carboxylic acid groups (broad SMARTS) is 1. The molecule has 0 aromatic heterocycles. The fourth-order valence-electron chi connectivity index (χ4n) is 2.08. The van der Waals surface area contributed by atoms with Gasteiger partial charge in [0.1, 0.15) is 0 Å². The normalized spacial score (nSPS) is 10.3. The third kappa shape index (κ3) is 2.96. The first-order valence-corrected chi connectivity index (χ1v) is 5.54. The van der Waals surface area contributed by atoms with Crippen LogP contribution in [0.15, 0.2) is 48.5 Å². The molecule has 0 saturated heterocycles. The fourth-order valence-corrected chi connectivity index (χ4v) is 2.08. The predicted octanol–water partition coefficient (Wildman–Crippen LogP) is 3.51. The lowest BCUT2D eigenvalue weighted by Crippen LogP contribution is -1.78. The van der Waals surface area contributed by atoms with Gasteiger partial charge in [0.05, 0.1) is 0 Å². The van der Waals surface area contributed by atoms with E-state index in [1.807, 2.05) is 0 Å². The largest absolute Gasteiger partial charge is 0.481 e. The molecule has 0 atom stereocenters. The Kier molecular flexibility index (Phi) is 4.63. The highest BCUT2D eigenvalue weighted by molar-refractivity contribution is 5.76. The van der Waals surface area contributed by atoms with Crippen LogP contribution in [-0.2, 0) is 11.2 Å². The van der Waals surface area contributed by atoms with Crippen LogP contribution in [0.1, 0.15) is 18.1 Å². The van der Waals surface area contributed by atoms with Crippen molar-refractivity contribution in [2.75, 3.05) is 0 Å². The first-order chi connectivity index (χ1) is 8.18. The molecule has 0 saturated carbocycles. The van der Waals surface area contributed by atoms with Gasteiger partial charge < -0.3 is 11.3 Å². The summed E-state index contributed by atoms with van der Waals surface area (Å²) in [6.45, 7) is 1.08.